The Morgan fingerprint density at radius 2 is 1.85 bits per heavy atom. The molecule has 1 saturated heterocycles. The Morgan fingerprint density at radius 1 is 1.11 bits per heavy atom. The van der Waals surface area contributed by atoms with Crippen molar-refractivity contribution in [3.8, 4) is 0 Å². The molecule has 0 radical (unpaired) electrons. The second-order valence-electron chi connectivity index (χ2n) is 6.68. The lowest BCUT2D eigenvalue weighted by atomic mass is 10.2. The Hall–Kier alpha value is -1.83. The summed E-state index contributed by atoms with van der Waals surface area (Å²) in [4.78, 5) is 9.15. The highest BCUT2D eigenvalue weighted by Gasteiger charge is 2.18. The zero-order chi connectivity index (χ0) is 19.3. The van der Waals surface area contributed by atoms with Gasteiger partial charge in [0.2, 0.25) is 0 Å². The zero-order valence-corrected chi connectivity index (χ0v) is 17.0. The van der Waals surface area contributed by atoms with Crippen molar-refractivity contribution in [2.24, 2.45) is 0 Å². The third kappa shape index (κ3) is 5.34. The Balaban J connectivity index is 1.44. The summed E-state index contributed by atoms with van der Waals surface area (Å²) in [5, 5.41) is 3.95. The molecular weight excluding hydrogens is 384 g/mol. The molecule has 6 nitrogen and oxygen atoms in total. The number of rotatable bonds is 7. The van der Waals surface area contributed by atoms with Crippen LogP contribution in [0.15, 0.2) is 47.5 Å². The number of hydrogen-bond donors (Lipinski definition) is 1. The Kier molecular flexibility index (Phi) is 6.57. The summed E-state index contributed by atoms with van der Waals surface area (Å²) in [6.07, 6.45) is 3.73. The number of halogens is 1. The first-order valence-corrected chi connectivity index (χ1v) is 11.3. The van der Waals surface area contributed by atoms with Gasteiger partial charge in [0.25, 0.3) is 0 Å². The van der Waals surface area contributed by atoms with Crippen LogP contribution in [-0.4, -0.2) is 63.8 Å². The van der Waals surface area contributed by atoms with E-state index in [2.05, 4.69) is 26.2 Å². The van der Waals surface area contributed by atoms with Crippen LogP contribution in [0, 0.1) is 0 Å². The van der Waals surface area contributed by atoms with E-state index in [9.17, 15) is 8.42 Å². The average Bonchev–Trinajstić information content (AvgIpc) is 2.66. The summed E-state index contributed by atoms with van der Waals surface area (Å²) in [6, 6.07) is 11.2. The molecule has 1 aromatic carbocycles. The Morgan fingerprint density at radius 3 is 2.56 bits per heavy atom. The molecule has 8 heteroatoms. The number of piperazine rings is 1. The lowest BCUT2D eigenvalue weighted by Gasteiger charge is -2.36. The predicted octanol–water partition coefficient (Wildman–Crippen LogP) is 2.76. The monoisotopic (exact) mass is 408 g/mol. The number of hydrogen-bond acceptors (Lipinski definition) is 6. The van der Waals surface area contributed by atoms with Crippen LogP contribution < -0.4 is 10.2 Å². The van der Waals surface area contributed by atoms with Crippen molar-refractivity contribution in [2.75, 3.05) is 55.7 Å². The molecule has 0 spiro atoms. The standard InChI is InChI=1S/C19H25ClN4O2S/c1-27(25,26)18-8-4-9-21-19(18)22-10-5-11-23-12-14-24(15-13-23)17-7-3-2-6-16(17)20/h2-4,6-9H,5,10-15H2,1H3,(H,21,22). The summed E-state index contributed by atoms with van der Waals surface area (Å²) in [7, 11) is -3.28. The van der Waals surface area contributed by atoms with Crippen LogP contribution in [0.2, 0.25) is 5.02 Å². The molecule has 1 N–H and O–H groups in total. The van der Waals surface area contributed by atoms with Gasteiger partial charge in [0.15, 0.2) is 9.84 Å². The van der Waals surface area contributed by atoms with E-state index in [-0.39, 0.29) is 4.90 Å². The molecule has 0 atom stereocenters. The molecule has 2 aromatic rings. The van der Waals surface area contributed by atoms with Gasteiger partial charge in [0.05, 0.1) is 10.7 Å². The van der Waals surface area contributed by atoms with Crippen LogP contribution in [0.3, 0.4) is 0 Å². The topological polar surface area (TPSA) is 65.5 Å². The molecule has 3 rings (SSSR count). The molecule has 1 fully saturated rings. The molecule has 1 aliphatic heterocycles. The zero-order valence-electron chi connectivity index (χ0n) is 15.4. The van der Waals surface area contributed by atoms with Gasteiger partial charge in [-0.1, -0.05) is 23.7 Å². The van der Waals surface area contributed by atoms with Crippen molar-refractivity contribution in [1.29, 1.82) is 0 Å². The third-order valence-electron chi connectivity index (χ3n) is 4.68. The minimum absolute atomic E-state index is 0.248. The smallest absolute Gasteiger partial charge is 0.179 e. The van der Waals surface area contributed by atoms with E-state index in [4.69, 9.17) is 11.6 Å². The molecule has 1 aliphatic rings. The van der Waals surface area contributed by atoms with E-state index in [0.29, 0.717) is 12.4 Å². The quantitative estimate of drug-likeness (QED) is 0.710. The Labute approximate surface area is 166 Å². The summed E-state index contributed by atoms with van der Waals surface area (Å²) in [5.74, 6) is 0.434. The van der Waals surface area contributed by atoms with Crippen LogP contribution in [0.1, 0.15) is 6.42 Å². The maximum atomic E-state index is 11.8. The van der Waals surface area contributed by atoms with Crippen molar-refractivity contribution in [3.05, 3.63) is 47.6 Å². The van der Waals surface area contributed by atoms with Crippen LogP contribution in [0.4, 0.5) is 11.5 Å². The Bertz CT molecular complexity index is 868. The summed E-state index contributed by atoms with van der Waals surface area (Å²) < 4.78 is 23.6. The van der Waals surface area contributed by atoms with E-state index in [1.807, 2.05) is 18.2 Å². The summed E-state index contributed by atoms with van der Waals surface area (Å²) >= 11 is 6.29. The summed E-state index contributed by atoms with van der Waals surface area (Å²) in [5.41, 5.74) is 1.10. The van der Waals surface area contributed by atoms with Gasteiger partial charge in [0.1, 0.15) is 10.7 Å². The number of pyridine rings is 1. The SMILES string of the molecule is CS(=O)(=O)c1cccnc1NCCCN1CCN(c2ccccc2Cl)CC1. The largest absolute Gasteiger partial charge is 0.369 e. The lowest BCUT2D eigenvalue weighted by Crippen LogP contribution is -2.46. The van der Waals surface area contributed by atoms with Gasteiger partial charge in [-0.3, -0.25) is 4.90 Å². The number of nitrogens with zero attached hydrogens (tertiary/aromatic N) is 3. The molecule has 2 heterocycles. The number of aromatic nitrogens is 1. The van der Waals surface area contributed by atoms with Gasteiger partial charge in [-0.05, 0) is 37.2 Å². The highest BCUT2D eigenvalue weighted by Crippen LogP contribution is 2.26. The number of para-hydroxylation sites is 1. The molecule has 0 aliphatic carbocycles. The van der Waals surface area contributed by atoms with Gasteiger partial charge < -0.3 is 10.2 Å². The maximum Gasteiger partial charge on any atom is 0.179 e. The van der Waals surface area contributed by atoms with Gasteiger partial charge in [0, 0.05) is 45.2 Å². The van der Waals surface area contributed by atoms with Gasteiger partial charge in [-0.2, -0.15) is 0 Å². The molecular formula is C19H25ClN4O2S. The third-order valence-corrected chi connectivity index (χ3v) is 6.13. The van der Waals surface area contributed by atoms with Gasteiger partial charge >= 0.3 is 0 Å². The second kappa shape index (κ2) is 8.91. The van der Waals surface area contributed by atoms with Crippen LogP contribution in [0.5, 0.6) is 0 Å². The van der Waals surface area contributed by atoms with E-state index in [0.717, 1.165) is 49.9 Å². The molecule has 1 aromatic heterocycles. The van der Waals surface area contributed by atoms with Crippen molar-refractivity contribution in [3.63, 3.8) is 0 Å². The van der Waals surface area contributed by atoms with Crippen molar-refractivity contribution in [1.82, 2.24) is 9.88 Å². The first-order valence-electron chi connectivity index (χ1n) is 9.06. The first kappa shape index (κ1) is 19.9. The fraction of sp³-hybridized carbons (Fsp3) is 0.421. The number of nitrogens with one attached hydrogen (secondary N) is 1. The second-order valence-corrected chi connectivity index (χ2v) is 9.07. The van der Waals surface area contributed by atoms with Crippen molar-refractivity contribution >= 4 is 32.9 Å². The predicted molar refractivity (Wildman–Crippen MR) is 111 cm³/mol. The van der Waals surface area contributed by atoms with Crippen LogP contribution in [-0.2, 0) is 9.84 Å². The van der Waals surface area contributed by atoms with E-state index < -0.39 is 9.84 Å². The number of sulfone groups is 1. The van der Waals surface area contributed by atoms with E-state index in [1.165, 1.54) is 6.26 Å². The highest BCUT2D eigenvalue weighted by atomic mass is 35.5. The number of benzene rings is 1. The maximum absolute atomic E-state index is 11.8. The lowest BCUT2D eigenvalue weighted by molar-refractivity contribution is 0.257. The molecule has 0 bridgehead atoms. The van der Waals surface area contributed by atoms with Gasteiger partial charge in [-0.15, -0.1) is 0 Å². The van der Waals surface area contributed by atoms with E-state index in [1.54, 1.807) is 18.3 Å². The summed E-state index contributed by atoms with van der Waals surface area (Å²) in [6.45, 7) is 5.53. The van der Waals surface area contributed by atoms with Crippen molar-refractivity contribution in [2.45, 2.75) is 11.3 Å². The molecule has 146 valence electrons. The fourth-order valence-electron chi connectivity index (χ4n) is 3.25. The minimum atomic E-state index is -3.28. The minimum Gasteiger partial charge on any atom is -0.369 e. The van der Waals surface area contributed by atoms with Gasteiger partial charge in [-0.25, -0.2) is 13.4 Å². The van der Waals surface area contributed by atoms with Crippen LogP contribution >= 0.6 is 11.6 Å². The van der Waals surface area contributed by atoms with Crippen molar-refractivity contribution < 1.29 is 8.42 Å². The fourth-order valence-corrected chi connectivity index (χ4v) is 4.31. The average molecular weight is 409 g/mol. The van der Waals surface area contributed by atoms with E-state index >= 15 is 0 Å². The number of anilines is 2. The molecule has 0 unspecified atom stereocenters. The first-order chi connectivity index (χ1) is 12.9. The molecule has 0 amide bonds. The normalized spacial score (nSPS) is 15.7. The molecule has 27 heavy (non-hydrogen) atoms. The van der Waals surface area contributed by atoms with Crippen LogP contribution in [0.25, 0.3) is 0 Å². The highest BCUT2D eigenvalue weighted by molar-refractivity contribution is 7.90. The molecule has 0 saturated carbocycles.